The number of hydrogen-bond donors (Lipinski definition) is 1. The summed E-state index contributed by atoms with van der Waals surface area (Å²) < 4.78 is 18.5. The molecule has 1 amide bonds. The molecule has 7 heteroatoms. The van der Waals surface area contributed by atoms with Crippen molar-refractivity contribution in [1.82, 2.24) is 10.2 Å². The number of nitrogens with one attached hydrogen (secondary N) is 1. The van der Waals surface area contributed by atoms with Crippen LogP contribution in [0, 0.1) is 5.82 Å². The van der Waals surface area contributed by atoms with Crippen molar-refractivity contribution in [2.45, 2.75) is 19.8 Å². The number of aromatic nitrogens is 2. The number of carbonyl (C=O) groups is 1. The highest BCUT2D eigenvalue weighted by Gasteiger charge is 2.15. The van der Waals surface area contributed by atoms with Crippen molar-refractivity contribution in [2.24, 2.45) is 0 Å². The molecular weight excluding hydrogens is 345 g/mol. The van der Waals surface area contributed by atoms with Gasteiger partial charge in [0.1, 0.15) is 5.82 Å². The first-order chi connectivity index (χ1) is 12.0. The lowest BCUT2D eigenvalue weighted by atomic mass is 10.1. The number of nitrogens with zero attached hydrogens (tertiary/aromatic N) is 2. The highest BCUT2D eigenvalue weighted by molar-refractivity contribution is 6.34. The monoisotopic (exact) mass is 359 g/mol. The zero-order valence-electron chi connectivity index (χ0n) is 13.4. The number of hydrogen-bond acceptors (Lipinski definition) is 4. The molecule has 3 aromatic rings. The van der Waals surface area contributed by atoms with Gasteiger partial charge in [-0.05, 0) is 35.7 Å². The van der Waals surface area contributed by atoms with Crippen LogP contribution >= 0.6 is 11.6 Å². The molecule has 0 atom stereocenters. The molecule has 0 saturated carbocycles. The molecule has 2 aromatic carbocycles. The molecule has 0 spiro atoms. The van der Waals surface area contributed by atoms with E-state index < -0.39 is 11.7 Å². The molecule has 0 aliphatic carbocycles. The van der Waals surface area contributed by atoms with Gasteiger partial charge in [-0.2, -0.15) is 0 Å². The molecule has 0 fully saturated rings. The number of rotatable bonds is 5. The van der Waals surface area contributed by atoms with Gasteiger partial charge >= 0.3 is 6.01 Å². The van der Waals surface area contributed by atoms with Crippen molar-refractivity contribution in [3.05, 3.63) is 75.9 Å². The van der Waals surface area contributed by atoms with Crippen molar-refractivity contribution in [1.29, 1.82) is 0 Å². The summed E-state index contributed by atoms with van der Waals surface area (Å²) in [6.07, 6.45) is 1.44. The van der Waals surface area contributed by atoms with E-state index in [2.05, 4.69) is 22.4 Å². The van der Waals surface area contributed by atoms with E-state index in [0.717, 1.165) is 24.1 Å². The first-order valence-electron chi connectivity index (χ1n) is 7.71. The molecule has 25 heavy (non-hydrogen) atoms. The zero-order valence-corrected chi connectivity index (χ0v) is 14.2. The lowest BCUT2D eigenvalue weighted by Gasteiger charge is -2.03. The van der Waals surface area contributed by atoms with Gasteiger partial charge in [-0.15, -0.1) is 5.10 Å². The van der Waals surface area contributed by atoms with E-state index >= 15 is 0 Å². The number of halogens is 2. The third kappa shape index (κ3) is 4.22. The van der Waals surface area contributed by atoms with E-state index in [-0.39, 0.29) is 16.6 Å². The Morgan fingerprint density at radius 3 is 2.56 bits per heavy atom. The second-order valence-electron chi connectivity index (χ2n) is 5.43. The normalized spacial score (nSPS) is 10.7. The fraction of sp³-hybridized carbons (Fsp3) is 0.167. The minimum atomic E-state index is -0.549. The zero-order chi connectivity index (χ0) is 17.8. The predicted molar refractivity (Wildman–Crippen MR) is 92.3 cm³/mol. The fourth-order valence-corrected chi connectivity index (χ4v) is 2.53. The van der Waals surface area contributed by atoms with Crippen LogP contribution in [0.4, 0.5) is 10.4 Å². The van der Waals surface area contributed by atoms with Crippen LogP contribution in [0.1, 0.15) is 34.3 Å². The Bertz CT molecular complexity index is 894. The lowest BCUT2D eigenvalue weighted by Crippen LogP contribution is -2.12. The van der Waals surface area contributed by atoms with E-state index in [9.17, 15) is 9.18 Å². The standard InChI is InChI=1S/C18H15ClFN3O2/c1-2-11-3-5-12(6-4-11)9-16-22-23-18(25-16)21-17(24)14-8-7-13(20)10-15(14)19/h3-8,10H,2,9H2,1H3,(H,21,23,24). The average molecular weight is 360 g/mol. The quantitative estimate of drug-likeness (QED) is 0.738. The maximum atomic E-state index is 13.0. The summed E-state index contributed by atoms with van der Waals surface area (Å²) >= 11 is 5.86. The van der Waals surface area contributed by atoms with Crippen LogP contribution in [0.3, 0.4) is 0 Å². The van der Waals surface area contributed by atoms with E-state index in [1.165, 1.54) is 11.6 Å². The highest BCUT2D eigenvalue weighted by Crippen LogP contribution is 2.19. The van der Waals surface area contributed by atoms with Crippen molar-refractivity contribution < 1.29 is 13.6 Å². The molecule has 5 nitrogen and oxygen atoms in total. The van der Waals surface area contributed by atoms with Crippen LogP contribution in [-0.2, 0) is 12.8 Å². The van der Waals surface area contributed by atoms with Gasteiger partial charge in [-0.1, -0.05) is 47.9 Å². The second kappa shape index (κ2) is 7.44. The Kier molecular flexibility index (Phi) is 5.09. The summed E-state index contributed by atoms with van der Waals surface area (Å²) in [5.41, 5.74) is 2.40. The molecule has 0 saturated heterocycles. The maximum absolute atomic E-state index is 13.0. The molecule has 0 unspecified atom stereocenters. The Morgan fingerprint density at radius 1 is 1.16 bits per heavy atom. The number of carbonyl (C=O) groups excluding carboxylic acids is 1. The first kappa shape index (κ1) is 17.1. The number of aryl methyl sites for hydroxylation is 1. The largest absolute Gasteiger partial charge is 0.407 e. The summed E-state index contributed by atoms with van der Waals surface area (Å²) in [5, 5.41) is 10.2. The molecule has 0 radical (unpaired) electrons. The Hall–Kier alpha value is -2.73. The van der Waals surface area contributed by atoms with Crippen LogP contribution < -0.4 is 5.32 Å². The van der Waals surface area contributed by atoms with Crippen LogP contribution in [0.25, 0.3) is 0 Å². The fourth-order valence-electron chi connectivity index (χ4n) is 2.28. The molecule has 0 aliphatic rings. The van der Waals surface area contributed by atoms with Gasteiger partial charge in [-0.3, -0.25) is 10.1 Å². The number of benzene rings is 2. The van der Waals surface area contributed by atoms with Gasteiger partial charge in [0, 0.05) is 0 Å². The van der Waals surface area contributed by atoms with Gasteiger partial charge in [0.05, 0.1) is 17.0 Å². The van der Waals surface area contributed by atoms with Gasteiger partial charge in [0.2, 0.25) is 5.89 Å². The molecule has 0 bridgehead atoms. The van der Waals surface area contributed by atoms with E-state index in [1.807, 2.05) is 24.3 Å². The maximum Gasteiger partial charge on any atom is 0.322 e. The summed E-state index contributed by atoms with van der Waals surface area (Å²) in [6, 6.07) is 11.6. The topological polar surface area (TPSA) is 68.0 Å². The lowest BCUT2D eigenvalue weighted by molar-refractivity contribution is 0.102. The van der Waals surface area contributed by atoms with Gasteiger partial charge < -0.3 is 4.42 Å². The van der Waals surface area contributed by atoms with Gasteiger partial charge in [-0.25, -0.2) is 4.39 Å². The van der Waals surface area contributed by atoms with Crippen LogP contribution in [0.2, 0.25) is 5.02 Å². The number of amides is 1. The molecular formula is C18H15ClFN3O2. The van der Waals surface area contributed by atoms with E-state index in [4.69, 9.17) is 16.0 Å². The molecule has 1 N–H and O–H groups in total. The van der Waals surface area contributed by atoms with Gasteiger partial charge in [0.15, 0.2) is 0 Å². The van der Waals surface area contributed by atoms with Gasteiger partial charge in [0.25, 0.3) is 5.91 Å². The molecule has 1 heterocycles. The summed E-state index contributed by atoms with van der Waals surface area (Å²) in [4.78, 5) is 12.1. The molecule has 0 aliphatic heterocycles. The molecule has 1 aromatic heterocycles. The van der Waals surface area contributed by atoms with Crippen molar-refractivity contribution in [3.63, 3.8) is 0 Å². The Balaban J connectivity index is 1.67. The van der Waals surface area contributed by atoms with Crippen LogP contribution in [0.15, 0.2) is 46.9 Å². The first-order valence-corrected chi connectivity index (χ1v) is 8.09. The predicted octanol–water partition coefficient (Wildman–Crippen LogP) is 4.27. The summed E-state index contributed by atoms with van der Waals surface area (Å²) in [7, 11) is 0. The van der Waals surface area contributed by atoms with E-state index in [0.29, 0.717) is 12.3 Å². The van der Waals surface area contributed by atoms with Crippen molar-refractivity contribution in [2.75, 3.05) is 5.32 Å². The average Bonchev–Trinajstić information content (AvgIpc) is 3.02. The van der Waals surface area contributed by atoms with E-state index in [1.54, 1.807) is 0 Å². The summed E-state index contributed by atoms with van der Waals surface area (Å²) in [5.74, 6) is -0.687. The van der Waals surface area contributed by atoms with Crippen molar-refractivity contribution >= 4 is 23.5 Å². The Morgan fingerprint density at radius 2 is 1.88 bits per heavy atom. The second-order valence-corrected chi connectivity index (χ2v) is 5.83. The van der Waals surface area contributed by atoms with Crippen LogP contribution in [-0.4, -0.2) is 16.1 Å². The highest BCUT2D eigenvalue weighted by atomic mass is 35.5. The smallest absolute Gasteiger partial charge is 0.322 e. The number of anilines is 1. The molecule has 3 rings (SSSR count). The molecule has 128 valence electrons. The minimum absolute atomic E-state index is 0.00764. The minimum Gasteiger partial charge on any atom is -0.407 e. The third-order valence-corrected chi connectivity index (χ3v) is 3.96. The van der Waals surface area contributed by atoms with Crippen LogP contribution in [0.5, 0.6) is 0 Å². The summed E-state index contributed by atoms with van der Waals surface area (Å²) in [6.45, 7) is 2.09. The Labute approximate surface area is 148 Å². The third-order valence-electron chi connectivity index (χ3n) is 3.65. The SMILES string of the molecule is CCc1ccc(Cc2nnc(NC(=O)c3ccc(F)cc3Cl)o2)cc1. The van der Waals surface area contributed by atoms with Crippen molar-refractivity contribution in [3.8, 4) is 0 Å².